The van der Waals surface area contributed by atoms with Crippen molar-refractivity contribution in [3.05, 3.63) is 52.8 Å². The van der Waals surface area contributed by atoms with Crippen LogP contribution in [0.1, 0.15) is 5.56 Å². The molecule has 0 aliphatic heterocycles. The van der Waals surface area contributed by atoms with Gasteiger partial charge in [-0.25, -0.2) is 13.1 Å². The molecule has 0 spiro atoms. The lowest BCUT2D eigenvalue weighted by molar-refractivity contribution is 0.581. The fourth-order valence-electron chi connectivity index (χ4n) is 1.47. The van der Waals surface area contributed by atoms with Gasteiger partial charge in [0.2, 0.25) is 10.0 Å². The molecule has 5 nitrogen and oxygen atoms in total. The zero-order chi connectivity index (χ0) is 13.9. The van der Waals surface area contributed by atoms with E-state index in [0.717, 1.165) is 10.0 Å². The van der Waals surface area contributed by atoms with Gasteiger partial charge in [0.25, 0.3) is 0 Å². The molecule has 7 heteroatoms. The first kappa shape index (κ1) is 14.0. The second kappa shape index (κ2) is 5.68. The quantitative estimate of drug-likeness (QED) is 0.889. The van der Waals surface area contributed by atoms with Crippen molar-refractivity contribution in [2.24, 2.45) is 0 Å². The Bertz CT molecular complexity index is 672. The zero-order valence-corrected chi connectivity index (χ0v) is 12.3. The van der Waals surface area contributed by atoms with Gasteiger partial charge in [0.1, 0.15) is 4.90 Å². The Morgan fingerprint density at radius 1 is 1.21 bits per heavy atom. The molecule has 0 atom stereocenters. The molecule has 0 amide bonds. The van der Waals surface area contributed by atoms with Crippen LogP contribution in [0.2, 0.25) is 0 Å². The molecule has 3 N–H and O–H groups in total. The minimum absolute atomic E-state index is 0.00730. The van der Waals surface area contributed by atoms with Gasteiger partial charge in [-0.05, 0) is 23.8 Å². The summed E-state index contributed by atoms with van der Waals surface area (Å²) in [4.78, 5) is 3.77. The molecule has 100 valence electrons. The fourth-order valence-corrected chi connectivity index (χ4v) is 2.83. The van der Waals surface area contributed by atoms with E-state index in [-0.39, 0.29) is 17.1 Å². The van der Waals surface area contributed by atoms with Crippen molar-refractivity contribution < 1.29 is 8.42 Å². The Morgan fingerprint density at radius 3 is 2.53 bits per heavy atom. The van der Waals surface area contributed by atoms with E-state index in [1.54, 1.807) is 0 Å². The van der Waals surface area contributed by atoms with Gasteiger partial charge in [0.05, 0.1) is 5.69 Å². The summed E-state index contributed by atoms with van der Waals surface area (Å²) in [6, 6.07) is 8.82. The molecule has 2 aromatic rings. The second-order valence-corrected chi connectivity index (χ2v) is 6.52. The maximum Gasteiger partial charge on any atom is 0.244 e. The van der Waals surface area contributed by atoms with Crippen molar-refractivity contribution in [2.45, 2.75) is 11.4 Å². The number of nitrogens with two attached hydrogens (primary N) is 1. The highest BCUT2D eigenvalue weighted by molar-refractivity contribution is 9.10. The molecule has 0 aliphatic rings. The van der Waals surface area contributed by atoms with Gasteiger partial charge in [0, 0.05) is 23.4 Å². The van der Waals surface area contributed by atoms with Crippen LogP contribution >= 0.6 is 15.9 Å². The summed E-state index contributed by atoms with van der Waals surface area (Å²) in [5.74, 6) is 0. The van der Waals surface area contributed by atoms with Crippen LogP contribution in [-0.2, 0) is 16.6 Å². The fraction of sp³-hybridized carbons (Fsp3) is 0.0833. The average molecular weight is 342 g/mol. The molecule has 0 aliphatic carbocycles. The number of benzene rings is 1. The summed E-state index contributed by atoms with van der Waals surface area (Å²) in [7, 11) is -3.65. The number of nitrogens with one attached hydrogen (secondary N) is 1. The highest BCUT2D eigenvalue weighted by Crippen LogP contribution is 2.16. The highest BCUT2D eigenvalue weighted by Gasteiger charge is 2.16. The van der Waals surface area contributed by atoms with Crippen LogP contribution in [0.4, 0.5) is 5.69 Å². The minimum atomic E-state index is -3.65. The number of aromatic nitrogens is 1. The maximum atomic E-state index is 12.1. The van der Waals surface area contributed by atoms with E-state index in [9.17, 15) is 8.42 Å². The Hall–Kier alpha value is -1.44. The Kier molecular flexibility index (Phi) is 4.18. The molecule has 19 heavy (non-hydrogen) atoms. The molecule has 1 aromatic carbocycles. The molecule has 0 saturated carbocycles. The molecule has 2 rings (SSSR count). The van der Waals surface area contributed by atoms with E-state index in [1.165, 1.54) is 18.5 Å². The number of nitrogens with zero attached hydrogens (tertiary/aromatic N) is 1. The Morgan fingerprint density at radius 2 is 1.89 bits per heavy atom. The third-order valence-corrected chi connectivity index (χ3v) is 4.46. The van der Waals surface area contributed by atoms with Crippen LogP contribution in [0.25, 0.3) is 0 Å². The molecular weight excluding hydrogens is 330 g/mol. The SMILES string of the molecule is Nc1ccncc1S(=O)(=O)NCc1ccc(Br)cc1. The topological polar surface area (TPSA) is 85.1 Å². The lowest BCUT2D eigenvalue weighted by atomic mass is 10.2. The van der Waals surface area contributed by atoms with Gasteiger partial charge in [-0.2, -0.15) is 0 Å². The van der Waals surface area contributed by atoms with Gasteiger partial charge in [-0.1, -0.05) is 28.1 Å². The van der Waals surface area contributed by atoms with E-state index in [0.29, 0.717) is 0 Å². The predicted molar refractivity (Wildman–Crippen MR) is 76.8 cm³/mol. The smallest absolute Gasteiger partial charge is 0.244 e. The summed E-state index contributed by atoms with van der Waals surface area (Å²) < 4.78 is 27.5. The van der Waals surface area contributed by atoms with E-state index in [2.05, 4.69) is 25.6 Å². The lowest BCUT2D eigenvalue weighted by Gasteiger charge is -2.08. The summed E-state index contributed by atoms with van der Waals surface area (Å²) in [6.07, 6.45) is 2.68. The van der Waals surface area contributed by atoms with Crippen LogP contribution in [0.5, 0.6) is 0 Å². The normalized spacial score (nSPS) is 11.4. The first-order valence-corrected chi connectivity index (χ1v) is 7.70. The van der Waals surface area contributed by atoms with Crippen molar-refractivity contribution in [3.63, 3.8) is 0 Å². The number of rotatable bonds is 4. The number of anilines is 1. The molecule has 0 saturated heterocycles. The standard InChI is InChI=1S/C12H12BrN3O2S/c13-10-3-1-9(2-4-10)7-16-19(17,18)12-8-15-6-5-11(12)14/h1-6,8,16H,7H2,(H2,14,15). The van der Waals surface area contributed by atoms with E-state index in [1.807, 2.05) is 24.3 Å². The number of nitrogen functional groups attached to an aromatic ring is 1. The van der Waals surface area contributed by atoms with Gasteiger partial charge >= 0.3 is 0 Å². The second-order valence-electron chi connectivity index (χ2n) is 3.86. The summed E-state index contributed by atoms with van der Waals surface area (Å²) in [6.45, 7) is 0.198. The molecule has 0 unspecified atom stereocenters. The first-order chi connectivity index (χ1) is 8.99. The maximum absolute atomic E-state index is 12.1. The van der Waals surface area contributed by atoms with Gasteiger partial charge in [-0.3, -0.25) is 4.98 Å². The predicted octanol–water partition coefficient (Wildman–Crippen LogP) is 1.90. The monoisotopic (exact) mass is 341 g/mol. The molecule has 0 fully saturated rings. The molecular formula is C12H12BrN3O2S. The van der Waals surface area contributed by atoms with E-state index < -0.39 is 10.0 Å². The van der Waals surface area contributed by atoms with Crippen molar-refractivity contribution in [2.75, 3.05) is 5.73 Å². The first-order valence-electron chi connectivity index (χ1n) is 5.42. The summed E-state index contributed by atoms with van der Waals surface area (Å²) >= 11 is 3.32. The summed E-state index contributed by atoms with van der Waals surface area (Å²) in [5.41, 5.74) is 6.66. The average Bonchev–Trinajstić information content (AvgIpc) is 2.38. The van der Waals surface area contributed by atoms with Crippen molar-refractivity contribution in [1.29, 1.82) is 0 Å². The van der Waals surface area contributed by atoms with Crippen molar-refractivity contribution in [3.8, 4) is 0 Å². The number of sulfonamides is 1. The van der Waals surface area contributed by atoms with Crippen molar-refractivity contribution >= 4 is 31.6 Å². The van der Waals surface area contributed by atoms with Crippen LogP contribution in [0.3, 0.4) is 0 Å². The number of hydrogen-bond acceptors (Lipinski definition) is 4. The molecule has 0 bridgehead atoms. The number of hydrogen-bond donors (Lipinski definition) is 2. The lowest BCUT2D eigenvalue weighted by Crippen LogP contribution is -2.24. The van der Waals surface area contributed by atoms with Gasteiger partial charge in [-0.15, -0.1) is 0 Å². The van der Waals surface area contributed by atoms with E-state index in [4.69, 9.17) is 5.73 Å². The van der Waals surface area contributed by atoms with Crippen molar-refractivity contribution in [1.82, 2.24) is 9.71 Å². The largest absolute Gasteiger partial charge is 0.398 e. The highest BCUT2D eigenvalue weighted by atomic mass is 79.9. The van der Waals surface area contributed by atoms with Crippen LogP contribution in [-0.4, -0.2) is 13.4 Å². The zero-order valence-electron chi connectivity index (χ0n) is 9.88. The Labute approximate surface area is 120 Å². The summed E-state index contributed by atoms with van der Waals surface area (Å²) in [5, 5.41) is 0. The number of pyridine rings is 1. The third kappa shape index (κ3) is 3.52. The van der Waals surface area contributed by atoms with Gasteiger partial charge in [0.15, 0.2) is 0 Å². The van der Waals surface area contributed by atoms with Crippen LogP contribution in [0.15, 0.2) is 52.1 Å². The van der Waals surface area contributed by atoms with E-state index >= 15 is 0 Å². The third-order valence-electron chi connectivity index (χ3n) is 2.49. The Balaban J connectivity index is 2.14. The van der Waals surface area contributed by atoms with Crippen LogP contribution in [0, 0.1) is 0 Å². The molecule has 0 radical (unpaired) electrons. The van der Waals surface area contributed by atoms with Gasteiger partial charge < -0.3 is 5.73 Å². The number of halogens is 1. The molecule has 1 aromatic heterocycles. The minimum Gasteiger partial charge on any atom is -0.398 e. The van der Waals surface area contributed by atoms with Crippen LogP contribution < -0.4 is 10.5 Å². The molecule has 1 heterocycles.